The Labute approximate surface area is 113 Å². The van der Waals surface area contributed by atoms with Crippen molar-refractivity contribution in [1.29, 1.82) is 0 Å². The van der Waals surface area contributed by atoms with Crippen LogP contribution in [-0.2, 0) is 0 Å². The maximum Gasteiger partial charge on any atom is 0.163 e. The highest BCUT2D eigenvalue weighted by atomic mass is 79.9. The van der Waals surface area contributed by atoms with E-state index in [4.69, 9.17) is 4.74 Å². The van der Waals surface area contributed by atoms with Crippen LogP contribution in [0, 0.1) is 5.82 Å². The first-order chi connectivity index (χ1) is 8.58. The van der Waals surface area contributed by atoms with Gasteiger partial charge in [-0.05, 0) is 53.2 Å². The standard InChI is InChI=1S/C14H10BrFO2/c1-9(17)11-4-2-3-5-14(11)18-10-6-7-13(16)12(15)8-10/h2-8H,1H3. The van der Waals surface area contributed by atoms with Gasteiger partial charge in [-0.1, -0.05) is 12.1 Å². The second kappa shape index (κ2) is 5.31. The van der Waals surface area contributed by atoms with Crippen LogP contribution < -0.4 is 4.74 Å². The maximum atomic E-state index is 13.1. The molecule has 0 radical (unpaired) electrons. The summed E-state index contributed by atoms with van der Waals surface area (Å²) in [6, 6.07) is 11.3. The third-order valence-electron chi connectivity index (χ3n) is 2.39. The molecule has 2 aromatic rings. The number of hydrogen-bond donors (Lipinski definition) is 0. The van der Waals surface area contributed by atoms with E-state index >= 15 is 0 Å². The molecular formula is C14H10BrFO2. The highest BCUT2D eigenvalue weighted by Crippen LogP contribution is 2.28. The molecular weight excluding hydrogens is 299 g/mol. The van der Waals surface area contributed by atoms with Crippen molar-refractivity contribution < 1.29 is 13.9 Å². The Kier molecular flexibility index (Phi) is 3.77. The summed E-state index contributed by atoms with van der Waals surface area (Å²) in [4.78, 5) is 11.4. The smallest absolute Gasteiger partial charge is 0.163 e. The van der Waals surface area contributed by atoms with Gasteiger partial charge >= 0.3 is 0 Å². The van der Waals surface area contributed by atoms with Gasteiger partial charge in [0.05, 0.1) is 10.0 Å². The van der Waals surface area contributed by atoms with Gasteiger partial charge < -0.3 is 4.74 Å². The van der Waals surface area contributed by atoms with E-state index < -0.39 is 0 Å². The first-order valence-electron chi connectivity index (χ1n) is 5.31. The van der Waals surface area contributed by atoms with Crippen LogP contribution in [-0.4, -0.2) is 5.78 Å². The van der Waals surface area contributed by atoms with Crippen LogP contribution in [0.1, 0.15) is 17.3 Å². The monoisotopic (exact) mass is 308 g/mol. The minimum Gasteiger partial charge on any atom is -0.457 e. The molecule has 0 aliphatic carbocycles. The quantitative estimate of drug-likeness (QED) is 0.776. The third kappa shape index (κ3) is 2.76. The molecule has 2 rings (SSSR count). The minimum atomic E-state index is -0.359. The maximum absolute atomic E-state index is 13.1. The van der Waals surface area contributed by atoms with Gasteiger partial charge in [0.15, 0.2) is 5.78 Å². The van der Waals surface area contributed by atoms with Crippen molar-refractivity contribution in [2.75, 3.05) is 0 Å². The lowest BCUT2D eigenvalue weighted by Gasteiger charge is -2.09. The molecule has 0 spiro atoms. The summed E-state index contributed by atoms with van der Waals surface area (Å²) in [6.07, 6.45) is 0. The zero-order chi connectivity index (χ0) is 13.1. The van der Waals surface area contributed by atoms with E-state index in [1.54, 1.807) is 24.3 Å². The molecule has 18 heavy (non-hydrogen) atoms. The first-order valence-corrected chi connectivity index (χ1v) is 6.10. The zero-order valence-electron chi connectivity index (χ0n) is 9.61. The number of carbonyl (C=O) groups excluding carboxylic acids is 1. The van der Waals surface area contributed by atoms with E-state index in [0.717, 1.165) is 0 Å². The van der Waals surface area contributed by atoms with Gasteiger partial charge in [0.2, 0.25) is 0 Å². The molecule has 0 bridgehead atoms. The van der Waals surface area contributed by atoms with Crippen LogP contribution in [0.15, 0.2) is 46.9 Å². The zero-order valence-corrected chi connectivity index (χ0v) is 11.2. The Morgan fingerprint density at radius 1 is 1.22 bits per heavy atom. The van der Waals surface area contributed by atoms with Crippen LogP contribution in [0.5, 0.6) is 11.5 Å². The summed E-state index contributed by atoms with van der Waals surface area (Å²) in [5.74, 6) is 0.495. The SMILES string of the molecule is CC(=O)c1ccccc1Oc1ccc(F)c(Br)c1. The van der Waals surface area contributed by atoms with E-state index in [1.807, 2.05) is 0 Å². The fourth-order valence-corrected chi connectivity index (χ4v) is 1.87. The Hall–Kier alpha value is -1.68. The Morgan fingerprint density at radius 3 is 2.61 bits per heavy atom. The van der Waals surface area contributed by atoms with Crippen molar-refractivity contribution in [3.63, 3.8) is 0 Å². The molecule has 0 aliphatic heterocycles. The van der Waals surface area contributed by atoms with Crippen molar-refractivity contribution in [1.82, 2.24) is 0 Å². The lowest BCUT2D eigenvalue weighted by molar-refractivity contribution is 0.101. The molecule has 0 heterocycles. The molecule has 2 nitrogen and oxygen atoms in total. The summed E-state index contributed by atoms with van der Waals surface area (Å²) < 4.78 is 19.0. The van der Waals surface area contributed by atoms with Crippen molar-refractivity contribution >= 4 is 21.7 Å². The number of rotatable bonds is 3. The third-order valence-corrected chi connectivity index (χ3v) is 2.99. The number of ether oxygens (including phenoxy) is 1. The second-order valence-corrected chi connectivity index (χ2v) is 4.58. The average Bonchev–Trinajstić information content (AvgIpc) is 2.34. The molecule has 4 heteroatoms. The van der Waals surface area contributed by atoms with Crippen LogP contribution in [0.25, 0.3) is 0 Å². The van der Waals surface area contributed by atoms with Gasteiger partial charge in [0.25, 0.3) is 0 Å². The van der Waals surface area contributed by atoms with Gasteiger partial charge in [-0.15, -0.1) is 0 Å². The number of ketones is 1. The number of Topliss-reactive ketones (excluding diaryl/α,β-unsaturated/α-hetero) is 1. The molecule has 0 unspecified atom stereocenters. The highest BCUT2D eigenvalue weighted by Gasteiger charge is 2.09. The van der Waals surface area contributed by atoms with E-state index in [2.05, 4.69) is 15.9 Å². The Morgan fingerprint density at radius 2 is 1.94 bits per heavy atom. The van der Waals surface area contributed by atoms with Crippen molar-refractivity contribution in [3.05, 3.63) is 58.3 Å². The number of halogens is 2. The highest BCUT2D eigenvalue weighted by molar-refractivity contribution is 9.10. The molecule has 92 valence electrons. The molecule has 0 amide bonds. The number of benzene rings is 2. The average molecular weight is 309 g/mol. The molecule has 2 aromatic carbocycles. The summed E-state index contributed by atoms with van der Waals surface area (Å²) in [6.45, 7) is 1.47. The molecule has 0 aromatic heterocycles. The predicted octanol–water partition coefficient (Wildman–Crippen LogP) is 4.58. The predicted molar refractivity (Wildman–Crippen MR) is 70.6 cm³/mol. The van der Waals surface area contributed by atoms with Gasteiger partial charge in [-0.3, -0.25) is 4.79 Å². The van der Waals surface area contributed by atoms with E-state index in [1.165, 1.54) is 25.1 Å². The second-order valence-electron chi connectivity index (χ2n) is 3.73. The van der Waals surface area contributed by atoms with Gasteiger partial charge in [0.1, 0.15) is 17.3 Å². The Balaban J connectivity index is 2.34. The van der Waals surface area contributed by atoms with Crippen molar-refractivity contribution in [2.45, 2.75) is 6.92 Å². The fourth-order valence-electron chi connectivity index (χ4n) is 1.51. The van der Waals surface area contributed by atoms with E-state index in [-0.39, 0.29) is 11.6 Å². The molecule has 0 aliphatic rings. The van der Waals surface area contributed by atoms with Crippen LogP contribution in [0.2, 0.25) is 0 Å². The van der Waals surface area contributed by atoms with Gasteiger partial charge in [-0.2, -0.15) is 0 Å². The van der Waals surface area contributed by atoms with Crippen LogP contribution >= 0.6 is 15.9 Å². The fraction of sp³-hybridized carbons (Fsp3) is 0.0714. The normalized spacial score (nSPS) is 10.2. The number of carbonyl (C=O) groups is 1. The first kappa shape index (κ1) is 12.8. The minimum absolute atomic E-state index is 0.0771. The van der Waals surface area contributed by atoms with E-state index in [9.17, 15) is 9.18 Å². The molecule has 0 N–H and O–H groups in total. The summed E-state index contributed by atoms with van der Waals surface area (Å²) >= 11 is 3.08. The number of para-hydroxylation sites is 1. The summed E-state index contributed by atoms with van der Waals surface area (Å²) in [7, 11) is 0. The van der Waals surface area contributed by atoms with Gasteiger partial charge in [0, 0.05) is 0 Å². The largest absolute Gasteiger partial charge is 0.457 e. The topological polar surface area (TPSA) is 26.3 Å². The molecule has 0 fully saturated rings. The molecule has 0 saturated heterocycles. The van der Waals surface area contributed by atoms with Crippen molar-refractivity contribution in [3.8, 4) is 11.5 Å². The molecule has 0 saturated carbocycles. The van der Waals surface area contributed by atoms with E-state index in [0.29, 0.717) is 21.5 Å². The Bertz CT molecular complexity index is 596. The van der Waals surface area contributed by atoms with Crippen molar-refractivity contribution in [2.24, 2.45) is 0 Å². The summed E-state index contributed by atoms with van der Waals surface area (Å²) in [5, 5.41) is 0. The lowest BCUT2D eigenvalue weighted by Crippen LogP contribution is -1.96. The van der Waals surface area contributed by atoms with Gasteiger partial charge in [-0.25, -0.2) is 4.39 Å². The van der Waals surface area contributed by atoms with Crippen LogP contribution in [0.4, 0.5) is 4.39 Å². The number of hydrogen-bond acceptors (Lipinski definition) is 2. The lowest BCUT2D eigenvalue weighted by atomic mass is 10.1. The molecule has 0 atom stereocenters. The van der Waals surface area contributed by atoms with Crippen LogP contribution in [0.3, 0.4) is 0 Å². The summed E-state index contributed by atoms with van der Waals surface area (Å²) in [5.41, 5.74) is 0.498.